The fourth-order valence-electron chi connectivity index (χ4n) is 1.17. The molecule has 5 heteroatoms. The number of aliphatic hydroxyl groups is 1. The van der Waals surface area contributed by atoms with Crippen LogP contribution in [0.25, 0.3) is 0 Å². The number of carbonyl (C=O) groups excluding carboxylic acids is 1. The molecule has 1 N–H and O–H groups in total. The maximum atomic E-state index is 11.2. The van der Waals surface area contributed by atoms with Gasteiger partial charge in [0.1, 0.15) is 6.10 Å². The molecule has 0 spiro atoms. The Labute approximate surface area is 72.3 Å². The molecule has 0 aromatic carbocycles. The topological polar surface area (TPSA) is 57.6 Å². The highest BCUT2D eigenvalue weighted by Gasteiger charge is 2.29. The summed E-state index contributed by atoms with van der Waals surface area (Å²) in [6.45, 7) is 2.51. The van der Waals surface area contributed by atoms with Crippen LogP contribution < -0.4 is 0 Å². The minimum Gasteiger partial charge on any atom is -0.384 e. The van der Waals surface area contributed by atoms with Gasteiger partial charge in [0.05, 0.1) is 13.1 Å². The van der Waals surface area contributed by atoms with Crippen LogP contribution in [0.2, 0.25) is 0 Å². The molecule has 0 aromatic heterocycles. The average Bonchev–Trinajstić information content (AvgIpc) is 2.04. The van der Waals surface area contributed by atoms with E-state index >= 15 is 0 Å². The van der Waals surface area contributed by atoms with Crippen LogP contribution in [-0.2, 0) is 9.36 Å². The largest absolute Gasteiger partial charge is 0.384 e. The van der Waals surface area contributed by atoms with E-state index in [0.717, 1.165) is 0 Å². The van der Waals surface area contributed by atoms with Crippen LogP contribution in [0.5, 0.6) is 0 Å². The third-order valence-electron chi connectivity index (χ3n) is 1.91. The zero-order valence-electron chi connectivity index (χ0n) is 7.06. The van der Waals surface area contributed by atoms with Gasteiger partial charge in [0.25, 0.3) is 5.91 Å². The average molecular weight is 190 g/mol. The Bertz CT molecular complexity index is 195. The molecule has 1 aliphatic rings. The normalized spacial score (nSPS) is 20.8. The van der Waals surface area contributed by atoms with Crippen LogP contribution in [-0.4, -0.2) is 47.4 Å². The van der Waals surface area contributed by atoms with Gasteiger partial charge in [-0.05, 0) is 6.92 Å². The first-order valence-corrected chi connectivity index (χ1v) is 5.63. The molecule has 1 heterocycles. The monoisotopic (exact) mass is 190 g/mol. The number of hydrogen-bond donors (Lipinski definition) is 1. The second-order valence-electron chi connectivity index (χ2n) is 2.93. The lowest BCUT2D eigenvalue weighted by atomic mass is 10.3. The Balaban J connectivity index is 2.44. The van der Waals surface area contributed by atoms with E-state index in [2.05, 4.69) is 0 Å². The Morgan fingerprint density at radius 1 is 1.50 bits per heavy atom. The van der Waals surface area contributed by atoms with Gasteiger partial charge in [0, 0.05) is 0 Å². The summed E-state index contributed by atoms with van der Waals surface area (Å²) in [4.78, 5) is 12.8. The van der Waals surface area contributed by atoms with E-state index in [-0.39, 0.29) is 5.91 Å². The van der Waals surface area contributed by atoms with Gasteiger partial charge in [-0.2, -0.15) is 0 Å². The molecule has 1 atom stereocenters. The second kappa shape index (κ2) is 3.97. The van der Waals surface area contributed by atoms with Gasteiger partial charge in [-0.25, -0.2) is 0 Å². The molecule has 1 amide bonds. The Hall–Kier alpha value is -0.470. The number of aliphatic hydroxyl groups excluding tert-OH is 1. The molecular formula is C7H13NO3P+. The summed E-state index contributed by atoms with van der Waals surface area (Å²) < 4.78 is 10.9. The number of nitrogens with zero attached hydrogens (tertiary/aromatic N) is 1. The molecule has 1 aliphatic heterocycles. The Morgan fingerprint density at radius 3 is 2.42 bits per heavy atom. The molecule has 0 aliphatic carbocycles. The zero-order valence-corrected chi connectivity index (χ0v) is 7.96. The summed E-state index contributed by atoms with van der Waals surface area (Å²) in [5.41, 5.74) is 0. The first-order chi connectivity index (χ1) is 5.61. The van der Waals surface area contributed by atoms with Crippen molar-refractivity contribution in [3.8, 4) is 0 Å². The SMILES string of the molecule is C[C@H](O)C(=O)N1CC[P+](=O)CC1. The van der Waals surface area contributed by atoms with Crippen molar-refractivity contribution in [3.05, 3.63) is 0 Å². The van der Waals surface area contributed by atoms with Crippen LogP contribution in [0.1, 0.15) is 6.92 Å². The molecule has 0 aromatic rings. The molecule has 0 saturated carbocycles. The van der Waals surface area contributed by atoms with Crippen LogP contribution in [0.15, 0.2) is 0 Å². The molecule has 68 valence electrons. The van der Waals surface area contributed by atoms with E-state index in [1.807, 2.05) is 0 Å². The predicted octanol–water partition coefficient (Wildman–Crippen LogP) is 0.0368. The quantitative estimate of drug-likeness (QED) is 0.594. The maximum absolute atomic E-state index is 11.2. The minimum absolute atomic E-state index is 0.252. The summed E-state index contributed by atoms with van der Waals surface area (Å²) in [7, 11) is -1.09. The lowest BCUT2D eigenvalue weighted by Gasteiger charge is -2.22. The number of amides is 1. The molecule has 1 fully saturated rings. The maximum Gasteiger partial charge on any atom is 0.342 e. The summed E-state index contributed by atoms with van der Waals surface area (Å²) in [5, 5.41) is 8.97. The summed E-state index contributed by atoms with van der Waals surface area (Å²) in [6, 6.07) is 0. The Morgan fingerprint density at radius 2 is 2.00 bits per heavy atom. The molecule has 1 rings (SSSR count). The van der Waals surface area contributed by atoms with Crippen LogP contribution in [0.3, 0.4) is 0 Å². The van der Waals surface area contributed by atoms with E-state index in [0.29, 0.717) is 25.4 Å². The van der Waals surface area contributed by atoms with Gasteiger partial charge in [-0.3, -0.25) is 4.79 Å². The van der Waals surface area contributed by atoms with Crippen LogP contribution in [0, 0.1) is 0 Å². The van der Waals surface area contributed by atoms with Gasteiger partial charge in [-0.15, -0.1) is 0 Å². The Kier molecular flexibility index (Phi) is 3.18. The zero-order chi connectivity index (χ0) is 9.14. The highest BCUT2D eigenvalue weighted by atomic mass is 31.1. The molecule has 12 heavy (non-hydrogen) atoms. The van der Waals surface area contributed by atoms with Crippen molar-refractivity contribution in [3.63, 3.8) is 0 Å². The standard InChI is InChI=1S/C7H13NO3P/c1-6(9)7(10)8-2-4-12(11)5-3-8/h6,9H,2-5H2,1H3/q+1/t6-/m0/s1. The molecule has 0 bridgehead atoms. The van der Waals surface area contributed by atoms with Crippen molar-refractivity contribution in [2.24, 2.45) is 0 Å². The van der Waals surface area contributed by atoms with Crippen LogP contribution in [0.4, 0.5) is 0 Å². The highest BCUT2D eigenvalue weighted by molar-refractivity contribution is 7.44. The third-order valence-corrected chi connectivity index (χ3v) is 3.31. The second-order valence-corrected chi connectivity index (χ2v) is 4.79. The molecular weight excluding hydrogens is 177 g/mol. The van der Waals surface area contributed by atoms with Crippen LogP contribution >= 0.6 is 7.80 Å². The number of rotatable bonds is 1. The number of carbonyl (C=O) groups is 1. The summed E-state index contributed by atoms with van der Waals surface area (Å²) in [5.74, 6) is -0.252. The fraction of sp³-hybridized carbons (Fsp3) is 0.857. The van der Waals surface area contributed by atoms with Gasteiger partial charge in [0.2, 0.25) is 0 Å². The number of hydrogen-bond acceptors (Lipinski definition) is 3. The molecule has 0 radical (unpaired) electrons. The first kappa shape index (κ1) is 9.62. The predicted molar refractivity (Wildman–Crippen MR) is 45.6 cm³/mol. The van der Waals surface area contributed by atoms with Crippen molar-refractivity contribution in [1.29, 1.82) is 0 Å². The van der Waals surface area contributed by atoms with Crippen molar-refractivity contribution in [2.45, 2.75) is 13.0 Å². The van der Waals surface area contributed by atoms with Gasteiger partial charge < -0.3 is 10.0 Å². The molecule has 1 saturated heterocycles. The van der Waals surface area contributed by atoms with Crippen molar-refractivity contribution in [1.82, 2.24) is 4.90 Å². The van der Waals surface area contributed by atoms with Crippen molar-refractivity contribution < 1.29 is 14.5 Å². The van der Waals surface area contributed by atoms with Crippen molar-refractivity contribution >= 4 is 13.7 Å². The highest BCUT2D eigenvalue weighted by Crippen LogP contribution is 2.24. The van der Waals surface area contributed by atoms with Gasteiger partial charge in [0.15, 0.2) is 12.3 Å². The fourth-order valence-corrected chi connectivity index (χ4v) is 2.33. The van der Waals surface area contributed by atoms with Crippen molar-refractivity contribution in [2.75, 3.05) is 25.4 Å². The van der Waals surface area contributed by atoms with E-state index < -0.39 is 13.9 Å². The molecule has 0 unspecified atom stereocenters. The summed E-state index contributed by atoms with van der Waals surface area (Å²) >= 11 is 0. The van der Waals surface area contributed by atoms with Gasteiger partial charge in [-0.1, -0.05) is 4.57 Å². The van der Waals surface area contributed by atoms with Gasteiger partial charge >= 0.3 is 7.80 Å². The lowest BCUT2D eigenvalue weighted by molar-refractivity contribution is -0.138. The van der Waals surface area contributed by atoms with E-state index in [1.54, 1.807) is 4.90 Å². The summed E-state index contributed by atoms with van der Waals surface area (Å²) in [6.07, 6.45) is 0.225. The first-order valence-electron chi connectivity index (χ1n) is 4.00. The smallest absolute Gasteiger partial charge is 0.342 e. The third kappa shape index (κ3) is 2.26. The van der Waals surface area contributed by atoms with E-state index in [1.165, 1.54) is 6.92 Å². The van der Waals surface area contributed by atoms with E-state index in [4.69, 9.17) is 5.11 Å². The van der Waals surface area contributed by atoms with E-state index in [9.17, 15) is 9.36 Å². The minimum atomic E-state index is -1.09. The molecule has 4 nitrogen and oxygen atoms in total. The lowest BCUT2D eigenvalue weighted by Crippen LogP contribution is -2.42.